The van der Waals surface area contributed by atoms with Gasteiger partial charge in [-0.25, -0.2) is 18.2 Å². The predicted octanol–water partition coefficient (Wildman–Crippen LogP) is 3.08. The van der Waals surface area contributed by atoms with E-state index in [2.05, 4.69) is 24.1 Å². The number of thiazole rings is 1. The van der Waals surface area contributed by atoms with Crippen LogP contribution in [0.2, 0.25) is 0 Å². The topological polar surface area (TPSA) is 79.4 Å². The van der Waals surface area contributed by atoms with Gasteiger partial charge in [-0.15, -0.1) is 11.3 Å². The standard InChI is InChI=1S/C17H27N3O3S2/c1-12(2)9-14-15(24-13(3)18-14)19-16(21)20-7-4-5-17(10-20)6-8-25(22,23)11-17/h12H,4-11H2,1-3H3,(H,19,21)/t17-/m1/s1. The molecule has 8 heteroatoms. The lowest BCUT2D eigenvalue weighted by Gasteiger charge is -2.39. The first-order chi connectivity index (χ1) is 11.7. The predicted molar refractivity (Wildman–Crippen MR) is 101 cm³/mol. The Labute approximate surface area is 153 Å². The Balaban J connectivity index is 1.70. The maximum Gasteiger partial charge on any atom is 0.322 e. The molecule has 0 unspecified atom stereocenters. The van der Waals surface area contributed by atoms with Crippen LogP contribution >= 0.6 is 11.3 Å². The fraction of sp³-hybridized carbons (Fsp3) is 0.765. The summed E-state index contributed by atoms with van der Waals surface area (Å²) < 4.78 is 23.8. The van der Waals surface area contributed by atoms with E-state index < -0.39 is 9.84 Å². The van der Waals surface area contributed by atoms with Crippen molar-refractivity contribution in [2.24, 2.45) is 11.3 Å². The lowest BCUT2D eigenvalue weighted by molar-refractivity contribution is 0.130. The van der Waals surface area contributed by atoms with E-state index in [-0.39, 0.29) is 23.0 Å². The van der Waals surface area contributed by atoms with E-state index in [1.54, 1.807) is 4.90 Å². The largest absolute Gasteiger partial charge is 0.324 e. The third kappa shape index (κ3) is 4.34. The molecule has 1 spiro atoms. The van der Waals surface area contributed by atoms with Gasteiger partial charge in [-0.1, -0.05) is 13.8 Å². The highest BCUT2D eigenvalue weighted by Gasteiger charge is 2.45. The van der Waals surface area contributed by atoms with Gasteiger partial charge >= 0.3 is 6.03 Å². The summed E-state index contributed by atoms with van der Waals surface area (Å²) in [4.78, 5) is 19.1. The number of amides is 2. The van der Waals surface area contributed by atoms with E-state index >= 15 is 0 Å². The number of carbonyl (C=O) groups is 1. The summed E-state index contributed by atoms with van der Waals surface area (Å²) in [6.45, 7) is 7.44. The van der Waals surface area contributed by atoms with E-state index in [1.165, 1.54) is 11.3 Å². The van der Waals surface area contributed by atoms with Crippen molar-refractivity contribution in [3.05, 3.63) is 10.7 Å². The summed E-state index contributed by atoms with van der Waals surface area (Å²) in [5.41, 5.74) is 0.708. The number of hydrogen-bond donors (Lipinski definition) is 1. The second-order valence-electron chi connectivity index (χ2n) is 7.90. The van der Waals surface area contributed by atoms with Crippen LogP contribution in [0.1, 0.15) is 43.8 Å². The number of anilines is 1. The van der Waals surface area contributed by atoms with Crippen LogP contribution in [0.3, 0.4) is 0 Å². The molecule has 1 aromatic heterocycles. The Morgan fingerprint density at radius 2 is 2.16 bits per heavy atom. The van der Waals surface area contributed by atoms with Gasteiger partial charge < -0.3 is 4.90 Å². The monoisotopic (exact) mass is 385 g/mol. The van der Waals surface area contributed by atoms with Gasteiger partial charge in [0.25, 0.3) is 0 Å². The number of carbonyl (C=O) groups excluding carboxylic acids is 1. The molecule has 0 bridgehead atoms. The Hall–Kier alpha value is -1.15. The second-order valence-corrected chi connectivity index (χ2v) is 11.3. The minimum absolute atomic E-state index is 0.128. The van der Waals surface area contributed by atoms with E-state index in [0.29, 0.717) is 25.4 Å². The number of aryl methyl sites for hydroxylation is 1. The maximum absolute atomic E-state index is 12.8. The Morgan fingerprint density at radius 1 is 1.40 bits per heavy atom. The number of rotatable bonds is 3. The number of nitrogens with zero attached hydrogens (tertiary/aromatic N) is 2. The summed E-state index contributed by atoms with van der Waals surface area (Å²) in [6.07, 6.45) is 3.28. The van der Waals surface area contributed by atoms with Crippen LogP contribution in [0, 0.1) is 18.3 Å². The van der Waals surface area contributed by atoms with E-state index in [4.69, 9.17) is 0 Å². The Kier molecular flexibility index (Phi) is 5.12. The molecule has 1 aromatic rings. The quantitative estimate of drug-likeness (QED) is 0.867. The lowest BCUT2D eigenvalue weighted by Crippen LogP contribution is -2.48. The summed E-state index contributed by atoms with van der Waals surface area (Å²) in [5.74, 6) is 0.955. The molecule has 2 aliphatic rings. The molecule has 140 valence electrons. The van der Waals surface area contributed by atoms with Crippen molar-refractivity contribution in [2.75, 3.05) is 29.9 Å². The molecular weight excluding hydrogens is 358 g/mol. The van der Waals surface area contributed by atoms with Crippen LogP contribution in [-0.4, -0.2) is 48.9 Å². The average Bonchev–Trinajstić information content (AvgIpc) is 2.98. The maximum atomic E-state index is 12.8. The summed E-state index contributed by atoms with van der Waals surface area (Å²) in [5, 5.41) is 4.80. The van der Waals surface area contributed by atoms with Gasteiger partial charge in [0.15, 0.2) is 9.84 Å². The number of hydrogen-bond acceptors (Lipinski definition) is 5. The fourth-order valence-corrected chi connectivity index (χ4v) is 6.99. The zero-order chi connectivity index (χ0) is 18.2. The molecule has 1 N–H and O–H groups in total. The molecule has 3 heterocycles. The molecule has 2 aliphatic heterocycles. The Morgan fingerprint density at radius 3 is 2.80 bits per heavy atom. The van der Waals surface area contributed by atoms with Crippen molar-refractivity contribution in [1.29, 1.82) is 0 Å². The van der Waals surface area contributed by atoms with Gasteiger partial charge in [0.2, 0.25) is 0 Å². The molecule has 25 heavy (non-hydrogen) atoms. The van der Waals surface area contributed by atoms with Gasteiger partial charge in [0.1, 0.15) is 5.00 Å². The van der Waals surface area contributed by atoms with E-state index in [0.717, 1.165) is 35.0 Å². The molecule has 2 amide bonds. The summed E-state index contributed by atoms with van der Waals surface area (Å²) in [6, 6.07) is -0.128. The van der Waals surface area contributed by atoms with Crippen LogP contribution in [-0.2, 0) is 16.3 Å². The zero-order valence-electron chi connectivity index (χ0n) is 15.2. The number of urea groups is 1. The van der Waals surface area contributed by atoms with Gasteiger partial charge in [-0.05, 0) is 38.5 Å². The van der Waals surface area contributed by atoms with Crippen LogP contribution in [0.25, 0.3) is 0 Å². The molecule has 6 nitrogen and oxygen atoms in total. The molecule has 2 saturated heterocycles. The van der Waals surface area contributed by atoms with Gasteiger partial charge in [-0.2, -0.15) is 0 Å². The van der Waals surface area contributed by atoms with Crippen LogP contribution in [0.4, 0.5) is 9.80 Å². The average molecular weight is 386 g/mol. The smallest absolute Gasteiger partial charge is 0.322 e. The minimum Gasteiger partial charge on any atom is -0.324 e. The second kappa shape index (κ2) is 6.87. The number of nitrogens with one attached hydrogen (secondary N) is 1. The summed E-state index contributed by atoms with van der Waals surface area (Å²) in [7, 11) is -2.95. The summed E-state index contributed by atoms with van der Waals surface area (Å²) >= 11 is 1.51. The first-order valence-corrected chi connectivity index (χ1v) is 11.5. The first kappa shape index (κ1) is 18.6. The molecule has 2 fully saturated rings. The molecule has 0 aromatic carbocycles. The molecule has 0 aliphatic carbocycles. The molecule has 0 radical (unpaired) electrons. The number of piperidine rings is 1. The molecule has 0 saturated carbocycles. The van der Waals surface area contributed by atoms with Crippen molar-refractivity contribution in [1.82, 2.24) is 9.88 Å². The highest BCUT2D eigenvalue weighted by Crippen LogP contribution is 2.40. The normalized spacial score (nSPS) is 25.7. The van der Waals surface area contributed by atoms with Gasteiger partial charge in [0.05, 0.1) is 22.2 Å². The van der Waals surface area contributed by atoms with Crippen molar-refractivity contribution < 1.29 is 13.2 Å². The van der Waals surface area contributed by atoms with Gasteiger partial charge in [0, 0.05) is 18.5 Å². The molecule has 3 rings (SSSR count). The highest BCUT2D eigenvalue weighted by atomic mass is 32.2. The fourth-order valence-electron chi connectivity index (χ4n) is 3.96. The third-order valence-electron chi connectivity index (χ3n) is 5.04. The van der Waals surface area contributed by atoms with Crippen molar-refractivity contribution in [2.45, 2.75) is 46.5 Å². The third-order valence-corrected chi connectivity index (χ3v) is 7.85. The molecule has 1 atom stereocenters. The van der Waals surface area contributed by atoms with Crippen LogP contribution in [0.15, 0.2) is 0 Å². The van der Waals surface area contributed by atoms with E-state index in [9.17, 15) is 13.2 Å². The highest BCUT2D eigenvalue weighted by molar-refractivity contribution is 7.91. The number of likely N-dealkylation sites (tertiary alicyclic amines) is 1. The van der Waals surface area contributed by atoms with Crippen LogP contribution in [0.5, 0.6) is 0 Å². The van der Waals surface area contributed by atoms with Gasteiger partial charge in [-0.3, -0.25) is 5.32 Å². The van der Waals surface area contributed by atoms with Crippen molar-refractivity contribution in [3.8, 4) is 0 Å². The minimum atomic E-state index is -2.95. The first-order valence-electron chi connectivity index (χ1n) is 8.91. The lowest BCUT2D eigenvalue weighted by atomic mass is 9.80. The number of aromatic nitrogens is 1. The van der Waals surface area contributed by atoms with E-state index in [1.807, 2.05) is 6.92 Å². The zero-order valence-corrected chi connectivity index (χ0v) is 16.8. The molecular formula is C17H27N3O3S2. The SMILES string of the molecule is Cc1nc(CC(C)C)c(NC(=O)N2CCC[C@@]3(CCS(=O)(=O)C3)C2)s1. The Bertz CT molecular complexity index is 757. The van der Waals surface area contributed by atoms with Crippen molar-refractivity contribution in [3.63, 3.8) is 0 Å². The van der Waals surface area contributed by atoms with Crippen molar-refractivity contribution >= 4 is 32.2 Å². The number of sulfone groups is 1. The van der Waals surface area contributed by atoms with Crippen LogP contribution < -0.4 is 5.32 Å².